The Labute approximate surface area is 86.7 Å². The second-order valence-corrected chi connectivity index (χ2v) is 4.11. The summed E-state index contributed by atoms with van der Waals surface area (Å²) in [4.78, 5) is 10.8. The van der Waals surface area contributed by atoms with Crippen molar-refractivity contribution in [3.63, 3.8) is 0 Å². The maximum absolute atomic E-state index is 13.3. The van der Waals surface area contributed by atoms with Crippen molar-refractivity contribution in [1.29, 1.82) is 0 Å². The molecule has 3 nitrogen and oxygen atoms in total. The summed E-state index contributed by atoms with van der Waals surface area (Å²) in [5.41, 5.74) is 6.72. The van der Waals surface area contributed by atoms with Crippen LogP contribution in [-0.4, -0.2) is 11.1 Å². The zero-order valence-corrected chi connectivity index (χ0v) is 8.38. The van der Waals surface area contributed by atoms with E-state index in [0.29, 0.717) is 0 Å². The highest BCUT2D eigenvalue weighted by Gasteiger charge is 2.41. The molecule has 0 unspecified atom stereocenters. The van der Waals surface area contributed by atoms with E-state index in [1.54, 1.807) is 6.92 Å². The van der Waals surface area contributed by atoms with Crippen LogP contribution in [0.1, 0.15) is 34.3 Å². The molecular weight excluding hydrogens is 197 g/mol. The molecule has 0 amide bonds. The van der Waals surface area contributed by atoms with Crippen LogP contribution in [0.3, 0.4) is 0 Å². The second kappa shape index (κ2) is 3.03. The summed E-state index contributed by atoms with van der Waals surface area (Å²) < 4.78 is 13.3. The number of carboxylic acids is 1. The molecule has 0 aliphatic heterocycles. The Hall–Kier alpha value is -1.42. The SMILES string of the molecule is Cc1cc(F)c(C(=O)O)cc1C1(N)CC1. The Kier molecular flexibility index (Phi) is 2.04. The molecule has 0 spiro atoms. The highest BCUT2D eigenvalue weighted by atomic mass is 19.1. The zero-order chi connectivity index (χ0) is 11.2. The minimum Gasteiger partial charge on any atom is -0.478 e. The van der Waals surface area contributed by atoms with Crippen molar-refractivity contribution in [3.8, 4) is 0 Å². The van der Waals surface area contributed by atoms with Crippen molar-refractivity contribution in [2.75, 3.05) is 0 Å². The van der Waals surface area contributed by atoms with Gasteiger partial charge in [-0.15, -0.1) is 0 Å². The second-order valence-electron chi connectivity index (χ2n) is 4.11. The molecule has 3 N–H and O–H groups in total. The molecule has 0 atom stereocenters. The van der Waals surface area contributed by atoms with Gasteiger partial charge in [-0.3, -0.25) is 0 Å². The first kappa shape index (κ1) is 10.1. The minimum atomic E-state index is -1.25. The van der Waals surface area contributed by atoms with Crippen molar-refractivity contribution in [2.45, 2.75) is 25.3 Å². The predicted octanol–water partition coefficient (Wildman–Crippen LogP) is 1.78. The third-order valence-electron chi connectivity index (χ3n) is 2.87. The predicted molar refractivity (Wildman–Crippen MR) is 53.2 cm³/mol. The first-order chi connectivity index (χ1) is 6.94. The van der Waals surface area contributed by atoms with Gasteiger partial charge in [0.05, 0.1) is 5.56 Å². The van der Waals surface area contributed by atoms with E-state index in [9.17, 15) is 9.18 Å². The van der Waals surface area contributed by atoms with Crippen molar-refractivity contribution >= 4 is 5.97 Å². The van der Waals surface area contributed by atoms with Crippen LogP contribution in [-0.2, 0) is 5.54 Å². The fourth-order valence-electron chi connectivity index (χ4n) is 1.78. The lowest BCUT2D eigenvalue weighted by molar-refractivity contribution is 0.0691. The van der Waals surface area contributed by atoms with Gasteiger partial charge in [0.25, 0.3) is 0 Å². The molecule has 1 fully saturated rings. The van der Waals surface area contributed by atoms with Gasteiger partial charge in [-0.25, -0.2) is 9.18 Å². The molecule has 1 saturated carbocycles. The third kappa shape index (κ3) is 1.61. The maximum Gasteiger partial charge on any atom is 0.338 e. The van der Waals surface area contributed by atoms with E-state index in [4.69, 9.17) is 10.8 Å². The number of carboxylic acid groups (broad SMARTS) is 1. The third-order valence-corrected chi connectivity index (χ3v) is 2.87. The summed E-state index contributed by atoms with van der Waals surface area (Å²) >= 11 is 0. The Morgan fingerprint density at radius 3 is 2.60 bits per heavy atom. The monoisotopic (exact) mass is 209 g/mol. The van der Waals surface area contributed by atoms with E-state index in [1.165, 1.54) is 12.1 Å². The van der Waals surface area contributed by atoms with E-state index in [2.05, 4.69) is 0 Å². The van der Waals surface area contributed by atoms with Gasteiger partial charge in [0.2, 0.25) is 0 Å². The van der Waals surface area contributed by atoms with Crippen LogP contribution >= 0.6 is 0 Å². The quantitative estimate of drug-likeness (QED) is 0.780. The molecule has 1 aromatic carbocycles. The number of aromatic carboxylic acids is 1. The highest BCUT2D eigenvalue weighted by molar-refractivity contribution is 5.88. The molecule has 0 radical (unpaired) electrons. The van der Waals surface area contributed by atoms with E-state index >= 15 is 0 Å². The number of benzene rings is 1. The minimum absolute atomic E-state index is 0.299. The molecule has 1 aliphatic carbocycles. The molecule has 4 heteroatoms. The number of aryl methyl sites for hydroxylation is 1. The van der Waals surface area contributed by atoms with Crippen LogP contribution in [0.5, 0.6) is 0 Å². The number of hydrogen-bond donors (Lipinski definition) is 2. The average Bonchev–Trinajstić information content (AvgIpc) is 2.83. The Morgan fingerprint density at radius 2 is 2.13 bits per heavy atom. The standard InChI is InChI=1S/C11H12FNO2/c1-6-4-9(12)7(10(14)15)5-8(6)11(13)2-3-11/h4-5H,2-3,13H2,1H3,(H,14,15). The Balaban J connectivity index is 2.56. The smallest absolute Gasteiger partial charge is 0.338 e. The largest absolute Gasteiger partial charge is 0.478 e. The number of halogens is 1. The molecule has 80 valence electrons. The van der Waals surface area contributed by atoms with Crippen LogP contribution in [0.2, 0.25) is 0 Å². The molecule has 0 saturated heterocycles. The zero-order valence-electron chi connectivity index (χ0n) is 8.38. The fraction of sp³-hybridized carbons (Fsp3) is 0.364. The molecule has 15 heavy (non-hydrogen) atoms. The molecule has 1 aliphatic rings. The van der Waals surface area contributed by atoms with Crippen LogP contribution in [0.25, 0.3) is 0 Å². The first-order valence-electron chi connectivity index (χ1n) is 4.77. The topological polar surface area (TPSA) is 63.3 Å². The summed E-state index contributed by atoms with van der Waals surface area (Å²) in [5.74, 6) is -1.95. The lowest BCUT2D eigenvalue weighted by atomic mass is 9.97. The number of rotatable bonds is 2. The average molecular weight is 209 g/mol. The van der Waals surface area contributed by atoms with E-state index in [1.807, 2.05) is 0 Å². The fourth-order valence-corrected chi connectivity index (χ4v) is 1.78. The van der Waals surface area contributed by atoms with Gasteiger partial charge >= 0.3 is 5.97 Å². The summed E-state index contributed by atoms with van der Waals surface area (Å²) in [6.45, 7) is 1.75. The van der Waals surface area contributed by atoms with Gasteiger partial charge in [-0.05, 0) is 43.0 Å². The molecule has 2 rings (SSSR count). The number of nitrogens with two attached hydrogens (primary N) is 1. The molecule has 1 aromatic rings. The summed E-state index contributed by atoms with van der Waals surface area (Å²) in [6, 6.07) is 2.60. The Bertz CT molecular complexity index is 438. The van der Waals surface area contributed by atoms with Gasteiger partial charge < -0.3 is 10.8 Å². The highest BCUT2D eigenvalue weighted by Crippen LogP contribution is 2.44. The van der Waals surface area contributed by atoms with Gasteiger partial charge in [0.15, 0.2) is 0 Å². The van der Waals surface area contributed by atoms with E-state index in [0.717, 1.165) is 24.0 Å². The molecule has 0 aromatic heterocycles. The molecular formula is C11H12FNO2. The van der Waals surface area contributed by atoms with E-state index < -0.39 is 17.3 Å². The van der Waals surface area contributed by atoms with Crippen LogP contribution < -0.4 is 5.73 Å². The van der Waals surface area contributed by atoms with Crippen LogP contribution in [0, 0.1) is 12.7 Å². The van der Waals surface area contributed by atoms with Crippen molar-refractivity contribution in [2.24, 2.45) is 5.73 Å². The first-order valence-corrected chi connectivity index (χ1v) is 4.77. The lowest BCUT2D eigenvalue weighted by Crippen LogP contribution is -2.21. The van der Waals surface area contributed by atoms with Crippen molar-refractivity contribution in [1.82, 2.24) is 0 Å². The van der Waals surface area contributed by atoms with Gasteiger partial charge in [-0.1, -0.05) is 0 Å². The number of carbonyl (C=O) groups is 1. The number of hydrogen-bond acceptors (Lipinski definition) is 2. The lowest BCUT2D eigenvalue weighted by Gasteiger charge is -2.14. The Morgan fingerprint density at radius 1 is 1.53 bits per heavy atom. The van der Waals surface area contributed by atoms with E-state index in [-0.39, 0.29) is 5.56 Å². The maximum atomic E-state index is 13.3. The van der Waals surface area contributed by atoms with Gasteiger partial charge in [0, 0.05) is 5.54 Å². The van der Waals surface area contributed by atoms with Crippen LogP contribution in [0.4, 0.5) is 4.39 Å². The van der Waals surface area contributed by atoms with Crippen molar-refractivity contribution in [3.05, 3.63) is 34.6 Å². The summed E-state index contributed by atoms with van der Waals surface area (Å²) in [7, 11) is 0. The summed E-state index contributed by atoms with van der Waals surface area (Å²) in [5, 5.41) is 8.79. The summed E-state index contributed by atoms with van der Waals surface area (Å²) in [6.07, 6.45) is 1.66. The van der Waals surface area contributed by atoms with Gasteiger partial charge in [-0.2, -0.15) is 0 Å². The van der Waals surface area contributed by atoms with Crippen molar-refractivity contribution < 1.29 is 14.3 Å². The molecule has 0 heterocycles. The van der Waals surface area contributed by atoms with Gasteiger partial charge in [0.1, 0.15) is 5.82 Å². The van der Waals surface area contributed by atoms with Crippen LogP contribution in [0.15, 0.2) is 12.1 Å². The molecule has 0 bridgehead atoms. The normalized spacial score (nSPS) is 17.5.